The topological polar surface area (TPSA) is 29.1 Å². The standard InChI is InChI=1S/C11H17NO/c1-4-5-9(2)8-12-10(13)11(3)6-7-11/h4-5H,1,6-8H2,2-3H3,(H,12,13)/b9-5-. The van der Waals surface area contributed by atoms with Crippen LogP contribution in [0.1, 0.15) is 26.7 Å². The summed E-state index contributed by atoms with van der Waals surface area (Å²) >= 11 is 0. The number of nitrogens with one attached hydrogen (secondary N) is 1. The lowest BCUT2D eigenvalue weighted by atomic mass is 10.1. The summed E-state index contributed by atoms with van der Waals surface area (Å²) in [6.45, 7) is 8.23. The second-order valence-electron chi connectivity index (χ2n) is 3.99. The highest BCUT2D eigenvalue weighted by molar-refractivity contribution is 5.84. The number of allylic oxidation sites excluding steroid dienone is 2. The molecule has 0 spiro atoms. The number of carbonyl (C=O) groups excluding carboxylic acids is 1. The van der Waals surface area contributed by atoms with E-state index in [1.54, 1.807) is 6.08 Å². The molecule has 0 atom stereocenters. The van der Waals surface area contributed by atoms with Gasteiger partial charge in [-0.1, -0.05) is 31.2 Å². The van der Waals surface area contributed by atoms with Gasteiger partial charge in [-0.05, 0) is 19.8 Å². The van der Waals surface area contributed by atoms with Crippen LogP contribution in [0, 0.1) is 5.41 Å². The molecule has 0 aromatic heterocycles. The van der Waals surface area contributed by atoms with E-state index in [4.69, 9.17) is 0 Å². The molecule has 1 amide bonds. The number of carbonyl (C=O) groups is 1. The quantitative estimate of drug-likeness (QED) is 0.657. The second kappa shape index (κ2) is 3.77. The normalized spacial score (nSPS) is 19.4. The van der Waals surface area contributed by atoms with Crippen LogP contribution in [0.5, 0.6) is 0 Å². The first-order chi connectivity index (χ1) is 6.08. The van der Waals surface area contributed by atoms with Crippen molar-refractivity contribution in [2.24, 2.45) is 5.41 Å². The maximum absolute atomic E-state index is 11.5. The third-order valence-corrected chi connectivity index (χ3v) is 2.48. The summed E-state index contributed by atoms with van der Waals surface area (Å²) < 4.78 is 0. The number of rotatable bonds is 4. The van der Waals surface area contributed by atoms with Gasteiger partial charge in [0.1, 0.15) is 0 Å². The maximum atomic E-state index is 11.5. The molecule has 0 bridgehead atoms. The van der Waals surface area contributed by atoms with Crippen LogP contribution >= 0.6 is 0 Å². The van der Waals surface area contributed by atoms with Crippen LogP contribution in [0.25, 0.3) is 0 Å². The van der Waals surface area contributed by atoms with Gasteiger partial charge in [-0.3, -0.25) is 4.79 Å². The fourth-order valence-electron chi connectivity index (χ4n) is 1.11. The number of hydrogen-bond donors (Lipinski definition) is 1. The summed E-state index contributed by atoms with van der Waals surface area (Å²) in [5.74, 6) is 0.185. The zero-order valence-electron chi connectivity index (χ0n) is 8.39. The molecule has 0 heterocycles. The Balaban J connectivity index is 2.30. The van der Waals surface area contributed by atoms with Crippen molar-refractivity contribution in [3.05, 3.63) is 24.3 Å². The molecular weight excluding hydrogens is 162 g/mol. The van der Waals surface area contributed by atoms with Crippen molar-refractivity contribution in [3.8, 4) is 0 Å². The van der Waals surface area contributed by atoms with E-state index in [0.29, 0.717) is 6.54 Å². The van der Waals surface area contributed by atoms with Gasteiger partial charge < -0.3 is 5.32 Å². The molecule has 1 saturated carbocycles. The molecule has 2 nitrogen and oxygen atoms in total. The van der Waals surface area contributed by atoms with E-state index in [2.05, 4.69) is 11.9 Å². The van der Waals surface area contributed by atoms with Crippen LogP contribution in [-0.2, 0) is 4.79 Å². The van der Waals surface area contributed by atoms with Crippen LogP contribution in [0.4, 0.5) is 0 Å². The lowest BCUT2D eigenvalue weighted by Crippen LogP contribution is -2.31. The van der Waals surface area contributed by atoms with E-state index in [1.165, 1.54) is 0 Å². The van der Waals surface area contributed by atoms with Gasteiger partial charge in [0.25, 0.3) is 0 Å². The van der Waals surface area contributed by atoms with E-state index >= 15 is 0 Å². The lowest BCUT2D eigenvalue weighted by molar-refractivity contribution is -0.125. The van der Waals surface area contributed by atoms with E-state index in [1.807, 2.05) is 19.9 Å². The Kier molecular flexibility index (Phi) is 2.91. The second-order valence-corrected chi connectivity index (χ2v) is 3.99. The van der Waals surface area contributed by atoms with Crippen LogP contribution in [-0.4, -0.2) is 12.5 Å². The Morgan fingerprint density at radius 1 is 1.62 bits per heavy atom. The minimum Gasteiger partial charge on any atom is -0.352 e. The van der Waals surface area contributed by atoms with Crippen molar-refractivity contribution < 1.29 is 4.79 Å². The molecule has 0 aromatic carbocycles. The van der Waals surface area contributed by atoms with Gasteiger partial charge in [0.15, 0.2) is 0 Å². The van der Waals surface area contributed by atoms with Crippen LogP contribution < -0.4 is 5.32 Å². The van der Waals surface area contributed by atoms with Gasteiger partial charge in [0, 0.05) is 12.0 Å². The minimum absolute atomic E-state index is 0.0611. The van der Waals surface area contributed by atoms with E-state index in [-0.39, 0.29) is 11.3 Å². The predicted molar refractivity (Wildman–Crippen MR) is 54.3 cm³/mol. The summed E-state index contributed by atoms with van der Waals surface area (Å²) in [7, 11) is 0. The highest BCUT2D eigenvalue weighted by Crippen LogP contribution is 2.44. The van der Waals surface area contributed by atoms with Gasteiger partial charge >= 0.3 is 0 Å². The smallest absolute Gasteiger partial charge is 0.226 e. The van der Waals surface area contributed by atoms with Crippen LogP contribution in [0.3, 0.4) is 0 Å². The highest BCUT2D eigenvalue weighted by Gasteiger charge is 2.44. The molecule has 1 fully saturated rings. The Morgan fingerprint density at radius 2 is 2.23 bits per heavy atom. The monoisotopic (exact) mass is 179 g/mol. The molecule has 0 aromatic rings. The molecule has 1 rings (SSSR count). The Hall–Kier alpha value is -1.05. The van der Waals surface area contributed by atoms with E-state index in [0.717, 1.165) is 18.4 Å². The molecule has 0 unspecified atom stereocenters. The molecule has 13 heavy (non-hydrogen) atoms. The zero-order valence-corrected chi connectivity index (χ0v) is 8.39. The van der Waals surface area contributed by atoms with E-state index in [9.17, 15) is 4.79 Å². The molecular formula is C11H17NO. The third-order valence-electron chi connectivity index (χ3n) is 2.48. The first-order valence-corrected chi connectivity index (χ1v) is 4.65. The summed E-state index contributed by atoms with van der Waals surface area (Å²) in [6, 6.07) is 0. The van der Waals surface area contributed by atoms with Gasteiger partial charge in [-0.2, -0.15) is 0 Å². The summed E-state index contributed by atoms with van der Waals surface area (Å²) in [6.07, 6.45) is 5.71. The Labute approximate surface area is 79.7 Å². The van der Waals surface area contributed by atoms with Crippen molar-refractivity contribution in [1.82, 2.24) is 5.32 Å². The van der Waals surface area contributed by atoms with Crippen molar-refractivity contribution in [2.45, 2.75) is 26.7 Å². The summed E-state index contributed by atoms with van der Waals surface area (Å²) in [5, 5.41) is 2.91. The van der Waals surface area contributed by atoms with Crippen molar-refractivity contribution in [2.75, 3.05) is 6.54 Å². The fraction of sp³-hybridized carbons (Fsp3) is 0.545. The molecule has 0 aliphatic heterocycles. The van der Waals surface area contributed by atoms with E-state index < -0.39 is 0 Å². The molecule has 1 aliphatic rings. The summed E-state index contributed by atoms with van der Waals surface area (Å²) in [4.78, 5) is 11.5. The first kappa shape index (κ1) is 10.0. The van der Waals surface area contributed by atoms with Crippen molar-refractivity contribution in [1.29, 1.82) is 0 Å². The molecule has 1 N–H and O–H groups in total. The molecule has 0 radical (unpaired) electrons. The first-order valence-electron chi connectivity index (χ1n) is 4.65. The average molecular weight is 179 g/mol. The van der Waals surface area contributed by atoms with Crippen LogP contribution in [0.2, 0.25) is 0 Å². The van der Waals surface area contributed by atoms with Crippen molar-refractivity contribution in [3.63, 3.8) is 0 Å². The summed E-state index contributed by atoms with van der Waals surface area (Å²) in [5.41, 5.74) is 1.07. The molecule has 0 saturated heterocycles. The number of amides is 1. The average Bonchev–Trinajstić information content (AvgIpc) is 2.81. The zero-order chi connectivity index (χ0) is 9.90. The van der Waals surface area contributed by atoms with Gasteiger partial charge in [-0.15, -0.1) is 0 Å². The molecule has 1 aliphatic carbocycles. The fourth-order valence-corrected chi connectivity index (χ4v) is 1.11. The SMILES string of the molecule is C=C/C=C(/C)CNC(=O)C1(C)CC1. The highest BCUT2D eigenvalue weighted by atomic mass is 16.2. The van der Waals surface area contributed by atoms with Gasteiger partial charge in [0.05, 0.1) is 0 Å². The van der Waals surface area contributed by atoms with Gasteiger partial charge in [0.2, 0.25) is 5.91 Å². The number of hydrogen-bond acceptors (Lipinski definition) is 1. The third kappa shape index (κ3) is 2.72. The molecule has 2 heteroatoms. The lowest BCUT2D eigenvalue weighted by Gasteiger charge is -2.09. The van der Waals surface area contributed by atoms with Crippen molar-refractivity contribution >= 4 is 5.91 Å². The largest absolute Gasteiger partial charge is 0.352 e. The maximum Gasteiger partial charge on any atom is 0.226 e. The Morgan fingerprint density at radius 3 is 2.69 bits per heavy atom. The van der Waals surface area contributed by atoms with Crippen LogP contribution in [0.15, 0.2) is 24.3 Å². The Bertz CT molecular complexity index is 249. The minimum atomic E-state index is -0.0611. The predicted octanol–water partition coefficient (Wildman–Crippen LogP) is 2.04. The van der Waals surface area contributed by atoms with Gasteiger partial charge in [-0.25, -0.2) is 0 Å². The molecule has 72 valence electrons.